The van der Waals surface area contributed by atoms with E-state index in [1.54, 1.807) is 0 Å². The van der Waals surface area contributed by atoms with Crippen LogP contribution in [-0.4, -0.2) is 24.1 Å². The minimum atomic E-state index is -0.864. The van der Waals surface area contributed by atoms with Crippen LogP contribution >= 0.6 is 0 Å². The van der Waals surface area contributed by atoms with E-state index in [1.165, 1.54) is 6.07 Å². The maximum Gasteiger partial charge on any atom is 0.305 e. The average Bonchev–Trinajstić information content (AvgIpc) is 2.22. The predicted octanol–water partition coefficient (Wildman–Crippen LogP) is 1.86. The van der Waals surface area contributed by atoms with Gasteiger partial charge in [-0.1, -0.05) is 0 Å². The topological polar surface area (TPSA) is 64.4 Å². The van der Waals surface area contributed by atoms with Gasteiger partial charge in [-0.3, -0.25) is 10.1 Å². The second-order valence-corrected chi connectivity index (χ2v) is 4.07. The summed E-state index contributed by atoms with van der Waals surface area (Å²) in [7, 11) is 1.88. The van der Waals surface area contributed by atoms with Gasteiger partial charge in [0.25, 0.3) is 0 Å². The number of benzene rings is 1. The van der Waals surface area contributed by atoms with Crippen LogP contribution in [0.2, 0.25) is 0 Å². The molecule has 0 atom stereocenters. The third-order valence-electron chi connectivity index (χ3n) is 2.92. The van der Waals surface area contributed by atoms with E-state index in [4.69, 9.17) is 4.74 Å². The van der Waals surface area contributed by atoms with Crippen molar-refractivity contribution in [3.05, 3.63) is 34.1 Å². The van der Waals surface area contributed by atoms with Gasteiger partial charge in [-0.05, 0) is 26.0 Å². The lowest BCUT2D eigenvalue weighted by Gasteiger charge is -2.35. The van der Waals surface area contributed by atoms with Gasteiger partial charge in [0.05, 0.1) is 4.92 Å². The van der Waals surface area contributed by atoms with E-state index in [0.717, 1.165) is 25.0 Å². The van der Waals surface area contributed by atoms with Crippen molar-refractivity contribution in [2.45, 2.75) is 25.0 Å². The molecule has 6 heteroatoms. The van der Waals surface area contributed by atoms with Gasteiger partial charge in [-0.15, -0.1) is 0 Å². The summed E-state index contributed by atoms with van der Waals surface area (Å²) in [6, 6.07) is 4.06. The summed E-state index contributed by atoms with van der Waals surface area (Å²) in [4.78, 5) is 9.67. The molecule has 1 aliphatic carbocycles. The molecular weight excluding hydrogens is 227 g/mol. The molecule has 0 aromatic heterocycles. The minimum absolute atomic E-state index is 0.0632. The normalized spacial score (nSPS) is 22.9. The first-order chi connectivity index (χ1) is 8.10. The van der Waals surface area contributed by atoms with Crippen molar-refractivity contribution < 1.29 is 14.1 Å². The summed E-state index contributed by atoms with van der Waals surface area (Å²) in [6.07, 6.45) is 1.80. The Morgan fingerprint density at radius 3 is 2.76 bits per heavy atom. The standard InChI is InChI=1S/C11H13FN2O3/c1-13-7-4-9(5-7)17-8-2-3-11(14(15)16)10(12)6-8/h2-3,6-7,9,13H,4-5H2,1H3. The minimum Gasteiger partial charge on any atom is -0.490 e. The van der Waals surface area contributed by atoms with Gasteiger partial charge in [0.15, 0.2) is 0 Å². The summed E-state index contributed by atoms with van der Waals surface area (Å²) in [5, 5.41) is 13.5. The van der Waals surface area contributed by atoms with Crippen LogP contribution in [0.4, 0.5) is 10.1 Å². The number of halogens is 1. The Kier molecular flexibility index (Phi) is 3.23. The van der Waals surface area contributed by atoms with Crippen LogP contribution in [-0.2, 0) is 0 Å². The van der Waals surface area contributed by atoms with E-state index in [1.807, 2.05) is 7.05 Å². The van der Waals surface area contributed by atoms with Crippen molar-refractivity contribution in [1.82, 2.24) is 5.32 Å². The molecule has 0 spiro atoms. The van der Waals surface area contributed by atoms with Crippen LogP contribution < -0.4 is 10.1 Å². The Balaban J connectivity index is 1.99. The molecule has 0 radical (unpaired) electrons. The van der Waals surface area contributed by atoms with Gasteiger partial charge in [-0.2, -0.15) is 4.39 Å². The summed E-state index contributed by atoms with van der Waals surface area (Å²) in [5.74, 6) is -0.523. The highest BCUT2D eigenvalue weighted by Crippen LogP contribution is 2.28. The SMILES string of the molecule is CNC1CC(Oc2ccc([N+](=O)[O-])c(F)c2)C1. The molecular formula is C11H13FN2O3. The van der Waals surface area contributed by atoms with Crippen LogP contribution in [0.25, 0.3) is 0 Å². The zero-order chi connectivity index (χ0) is 12.4. The fraction of sp³-hybridized carbons (Fsp3) is 0.455. The first kappa shape index (κ1) is 11.8. The second kappa shape index (κ2) is 4.67. The zero-order valence-corrected chi connectivity index (χ0v) is 9.35. The third-order valence-corrected chi connectivity index (χ3v) is 2.92. The maximum atomic E-state index is 13.3. The molecule has 92 valence electrons. The number of rotatable bonds is 4. The molecule has 1 N–H and O–H groups in total. The molecule has 0 heterocycles. The molecule has 0 saturated heterocycles. The highest BCUT2D eigenvalue weighted by Gasteiger charge is 2.29. The Bertz CT molecular complexity index is 433. The van der Waals surface area contributed by atoms with Crippen LogP contribution in [0.1, 0.15) is 12.8 Å². The van der Waals surface area contributed by atoms with Crippen LogP contribution in [0.3, 0.4) is 0 Å². The Hall–Kier alpha value is -1.69. The molecule has 1 aromatic carbocycles. The second-order valence-electron chi connectivity index (χ2n) is 4.07. The van der Waals surface area contributed by atoms with Crippen molar-refractivity contribution in [3.8, 4) is 5.75 Å². The van der Waals surface area contributed by atoms with Crippen LogP contribution in [0, 0.1) is 15.9 Å². The molecule has 0 amide bonds. The molecule has 1 aromatic rings. The van der Waals surface area contributed by atoms with Crippen LogP contribution in [0.15, 0.2) is 18.2 Å². The molecule has 0 bridgehead atoms. The van der Waals surface area contributed by atoms with Gasteiger partial charge in [-0.25, -0.2) is 0 Å². The van der Waals surface area contributed by atoms with Crippen molar-refractivity contribution >= 4 is 5.69 Å². The van der Waals surface area contributed by atoms with Crippen molar-refractivity contribution in [1.29, 1.82) is 0 Å². The van der Waals surface area contributed by atoms with Gasteiger partial charge in [0.1, 0.15) is 11.9 Å². The van der Waals surface area contributed by atoms with E-state index in [-0.39, 0.29) is 6.10 Å². The van der Waals surface area contributed by atoms with E-state index in [2.05, 4.69) is 5.32 Å². The quantitative estimate of drug-likeness (QED) is 0.644. The summed E-state index contributed by atoms with van der Waals surface area (Å²) in [5.41, 5.74) is -0.529. The zero-order valence-electron chi connectivity index (χ0n) is 9.35. The fourth-order valence-electron chi connectivity index (χ4n) is 1.80. The summed E-state index contributed by atoms with van der Waals surface area (Å²) in [6.45, 7) is 0. The number of ether oxygens (including phenoxy) is 1. The monoisotopic (exact) mass is 240 g/mol. The number of nitrogens with zero attached hydrogens (tertiary/aromatic N) is 1. The lowest BCUT2D eigenvalue weighted by Crippen LogP contribution is -2.45. The number of nitro groups is 1. The molecule has 17 heavy (non-hydrogen) atoms. The number of nitrogens with one attached hydrogen (secondary N) is 1. The predicted molar refractivity (Wildman–Crippen MR) is 59.6 cm³/mol. The van der Waals surface area contributed by atoms with E-state index in [9.17, 15) is 14.5 Å². The number of hydrogen-bond donors (Lipinski definition) is 1. The fourth-order valence-corrected chi connectivity index (χ4v) is 1.80. The molecule has 1 saturated carbocycles. The molecule has 2 rings (SSSR count). The highest BCUT2D eigenvalue weighted by molar-refractivity contribution is 5.38. The summed E-state index contributed by atoms with van der Waals surface area (Å²) >= 11 is 0. The maximum absolute atomic E-state index is 13.3. The summed E-state index contributed by atoms with van der Waals surface area (Å²) < 4.78 is 18.8. The van der Waals surface area contributed by atoms with Gasteiger partial charge in [0.2, 0.25) is 5.82 Å². The lowest BCUT2D eigenvalue weighted by atomic mass is 9.89. The third kappa shape index (κ3) is 2.52. The number of hydrogen-bond acceptors (Lipinski definition) is 4. The Morgan fingerprint density at radius 1 is 1.53 bits per heavy atom. The van der Waals surface area contributed by atoms with E-state index < -0.39 is 16.4 Å². The molecule has 0 aliphatic heterocycles. The van der Waals surface area contributed by atoms with Crippen molar-refractivity contribution in [2.24, 2.45) is 0 Å². The van der Waals surface area contributed by atoms with Crippen molar-refractivity contribution in [2.75, 3.05) is 7.05 Å². The average molecular weight is 240 g/mol. The highest BCUT2D eigenvalue weighted by atomic mass is 19.1. The van der Waals surface area contributed by atoms with Crippen LogP contribution in [0.5, 0.6) is 5.75 Å². The van der Waals surface area contributed by atoms with Gasteiger partial charge in [0, 0.05) is 18.2 Å². The smallest absolute Gasteiger partial charge is 0.305 e. The Labute approximate surface area is 97.7 Å². The molecule has 0 unspecified atom stereocenters. The lowest BCUT2D eigenvalue weighted by molar-refractivity contribution is -0.387. The molecule has 1 aliphatic rings. The first-order valence-corrected chi connectivity index (χ1v) is 5.38. The van der Waals surface area contributed by atoms with E-state index >= 15 is 0 Å². The largest absolute Gasteiger partial charge is 0.490 e. The molecule has 5 nitrogen and oxygen atoms in total. The van der Waals surface area contributed by atoms with Gasteiger partial charge >= 0.3 is 5.69 Å². The molecule has 1 fully saturated rings. The Morgan fingerprint density at radius 2 is 2.24 bits per heavy atom. The van der Waals surface area contributed by atoms with Crippen molar-refractivity contribution in [3.63, 3.8) is 0 Å². The van der Waals surface area contributed by atoms with E-state index in [0.29, 0.717) is 11.8 Å². The van der Waals surface area contributed by atoms with Gasteiger partial charge < -0.3 is 10.1 Å². The first-order valence-electron chi connectivity index (χ1n) is 5.38. The number of nitro benzene ring substituents is 1.